The number of aliphatic hydroxyl groups excluding tert-OH is 1. The van der Waals surface area contributed by atoms with Crippen molar-refractivity contribution < 1.29 is 10.0 Å². The van der Waals surface area contributed by atoms with Crippen LogP contribution in [-0.2, 0) is 0 Å². The Morgan fingerprint density at radius 1 is 1.37 bits per heavy atom. The van der Waals surface area contributed by atoms with Gasteiger partial charge >= 0.3 is 0 Å². The van der Waals surface area contributed by atoms with E-state index in [1.165, 1.54) is 12.1 Å². The molecule has 1 saturated heterocycles. The van der Waals surface area contributed by atoms with E-state index < -0.39 is 4.92 Å². The predicted molar refractivity (Wildman–Crippen MR) is 75.2 cm³/mol. The standard InChI is InChI=1S/C12H14Cl2N2O3/c13-10-5-9(16(18)19)6-11(14)12(10)15-4-2-1-3-8(15)7-17/h5-6,8,17H,1-4,7H2. The third kappa shape index (κ3) is 2.94. The number of piperidine rings is 1. The first-order chi connectivity index (χ1) is 9.04. The lowest BCUT2D eigenvalue weighted by atomic mass is 10.0. The van der Waals surface area contributed by atoms with Gasteiger partial charge in [0, 0.05) is 18.7 Å². The summed E-state index contributed by atoms with van der Waals surface area (Å²) in [7, 11) is 0. The van der Waals surface area contributed by atoms with Crippen LogP contribution in [0, 0.1) is 10.1 Å². The second kappa shape index (κ2) is 5.94. The molecule has 0 saturated carbocycles. The molecule has 104 valence electrons. The summed E-state index contributed by atoms with van der Waals surface area (Å²) in [5, 5.41) is 20.7. The normalized spacial score (nSPS) is 19.5. The highest BCUT2D eigenvalue weighted by Crippen LogP contribution is 2.39. The zero-order valence-electron chi connectivity index (χ0n) is 10.2. The lowest BCUT2D eigenvalue weighted by molar-refractivity contribution is -0.384. The molecule has 5 nitrogen and oxygen atoms in total. The molecular weight excluding hydrogens is 291 g/mol. The van der Waals surface area contributed by atoms with Crippen molar-refractivity contribution in [3.63, 3.8) is 0 Å². The zero-order valence-corrected chi connectivity index (χ0v) is 11.7. The molecule has 1 aliphatic heterocycles. The molecule has 1 aliphatic rings. The van der Waals surface area contributed by atoms with Crippen LogP contribution in [0.5, 0.6) is 0 Å². The fourth-order valence-corrected chi connectivity index (χ4v) is 3.11. The Balaban J connectivity index is 2.41. The number of nitro benzene ring substituents is 1. The highest BCUT2D eigenvalue weighted by atomic mass is 35.5. The minimum Gasteiger partial charge on any atom is -0.394 e. The lowest BCUT2D eigenvalue weighted by Crippen LogP contribution is -2.42. The number of nitro groups is 1. The summed E-state index contributed by atoms with van der Waals surface area (Å²) in [6.07, 6.45) is 2.89. The van der Waals surface area contributed by atoms with Crippen LogP contribution in [0.3, 0.4) is 0 Å². The average molecular weight is 305 g/mol. The Bertz CT molecular complexity index is 473. The summed E-state index contributed by atoms with van der Waals surface area (Å²) >= 11 is 12.2. The molecule has 19 heavy (non-hydrogen) atoms. The van der Waals surface area contributed by atoms with Crippen LogP contribution < -0.4 is 4.90 Å². The third-order valence-electron chi connectivity index (χ3n) is 3.34. The molecule has 0 amide bonds. The highest BCUT2D eigenvalue weighted by Gasteiger charge is 2.27. The van der Waals surface area contributed by atoms with Gasteiger partial charge in [-0.05, 0) is 19.3 Å². The monoisotopic (exact) mass is 304 g/mol. The van der Waals surface area contributed by atoms with Crippen LogP contribution in [0.25, 0.3) is 0 Å². The SMILES string of the molecule is O=[N+]([O-])c1cc(Cl)c(N2CCCCC2CO)c(Cl)c1. The van der Waals surface area contributed by atoms with Gasteiger partial charge in [0.05, 0.1) is 33.3 Å². The third-order valence-corrected chi connectivity index (χ3v) is 3.91. The molecule has 0 radical (unpaired) electrons. The number of halogens is 2. The fourth-order valence-electron chi connectivity index (χ4n) is 2.42. The second-order valence-electron chi connectivity index (χ2n) is 4.54. The number of anilines is 1. The number of hydrogen-bond donors (Lipinski definition) is 1. The maximum atomic E-state index is 10.7. The van der Waals surface area contributed by atoms with Crippen LogP contribution in [0.4, 0.5) is 11.4 Å². The quantitative estimate of drug-likeness (QED) is 0.687. The molecule has 2 rings (SSSR count). The Morgan fingerprint density at radius 3 is 2.53 bits per heavy atom. The number of aliphatic hydroxyl groups is 1. The zero-order chi connectivity index (χ0) is 14.0. The van der Waals surface area contributed by atoms with Gasteiger partial charge in [-0.15, -0.1) is 0 Å². The van der Waals surface area contributed by atoms with Gasteiger partial charge < -0.3 is 10.0 Å². The van der Waals surface area contributed by atoms with Crippen molar-refractivity contribution >= 4 is 34.6 Å². The van der Waals surface area contributed by atoms with E-state index in [2.05, 4.69) is 0 Å². The lowest BCUT2D eigenvalue weighted by Gasteiger charge is -2.37. The summed E-state index contributed by atoms with van der Waals surface area (Å²) in [4.78, 5) is 12.2. The van der Waals surface area contributed by atoms with Crippen molar-refractivity contribution in [1.29, 1.82) is 0 Å². The Labute approximate surface area is 120 Å². The van der Waals surface area contributed by atoms with Gasteiger partial charge in [-0.2, -0.15) is 0 Å². The van der Waals surface area contributed by atoms with Crippen molar-refractivity contribution in [2.45, 2.75) is 25.3 Å². The van der Waals surface area contributed by atoms with E-state index in [9.17, 15) is 15.2 Å². The van der Waals surface area contributed by atoms with Crippen molar-refractivity contribution in [2.24, 2.45) is 0 Å². The van der Waals surface area contributed by atoms with E-state index in [-0.39, 0.29) is 28.4 Å². The molecule has 1 unspecified atom stereocenters. The highest BCUT2D eigenvalue weighted by molar-refractivity contribution is 6.39. The molecule has 1 heterocycles. The molecule has 0 aromatic heterocycles. The molecule has 0 aliphatic carbocycles. The summed E-state index contributed by atoms with van der Waals surface area (Å²) in [6.45, 7) is 0.756. The fraction of sp³-hybridized carbons (Fsp3) is 0.500. The van der Waals surface area contributed by atoms with E-state index in [0.29, 0.717) is 5.69 Å². The smallest absolute Gasteiger partial charge is 0.272 e. The first kappa shape index (κ1) is 14.4. The summed E-state index contributed by atoms with van der Waals surface area (Å²) in [5.41, 5.74) is 0.448. The van der Waals surface area contributed by atoms with Gasteiger partial charge in [0.2, 0.25) is 0 Å². The van der Waals surface area contributed by atoms with E-state index in [0.717, 1.165) is 25.8 Å². The van der Waals surface area contributed by atoms with Crippen molar-refractivity contribution in [1.82, 2.24) is 0 Å². The van der Waals surface area contributed by atoms with E-state index >= 15 is 0 Å². The Hall–Kier alpha value is -1.04. The number of nitrogens with zero attached hydrogens (tertiary/aromatic N) is 2. The average Bonchev–Trinajstić information content (AvgIpc) is 2.38. The number of benzene rings is 1. The van der Waals surface area contributed by atoms with Gasteiger partial charge in [-0.1, -0.05) is 23.2 Å². The van der Waals surface area contributed by atoms with Crippen LogP contribution in [0.2, 0.25) is 10.0 Å². The first-order valence-corrected chi connectivity index (χ1v) is 6.81. The van der Waals surface area contributed by atoms with Crippen molar-refractivity contribution in [2.75, 3.05) is 18.1 Å². The largest absolute Gasteiger partial charge is 0.394 e. The first-order valence-electron chi connectivity index (χ1n) is 6.05. The summed E-state index contributed by atoms with van der Waals surface area (Å²) in [5.74, 6) is 0. The van der Waals surface area contributed by atoms with E-state index in [1.54, 1.807) is 0 Å². The maximum absolute atomic E-state index is 10.7. The summed E-state index contributed by atoms with van der Waals surface area (Å²) in [6, 6.07) is 2.56. The summed E-state index contributed by atoms with van der Waals surface area (Å²) < 4.78 is 0. The molecule has 1 aromatic carbocycles. The molecule has 1 N–H and O–H groups in total. The van der Waals surface area contributed by atoms with Crippen molar-refractivity contribution in [3.8, 4) is 0 Å². The molecular formula is C12H14Cl2N2O3. The minimum absolute atomic E-state index is 0.0175. The molecule has 0 bridgehead atoms. The Kier molecular flexibility index (Phi) is 4.50. The number of rotatable bonds is 3. The number of hydrogen-bond acceptors (Lipinski definition) is 4. The van der Waals surface area contributed by atoms with Gasteiger partial charge in [0.15, 0.2) is 0 Å². The van der Waals surface area contributed by atoms with Crippen molar-refractivity contribution in [3.05, 3.63) is 32.3 Å². The minimum atomic E-state index is -0.527. The number of non-ortho nitro benzene ring substituents is 1. The Morgan fingerprint density at radius 2 is 2.00 bits per heavy atom. The van der Waals surface area contributed by atoms with Gasteiger partial charge in [0.25, 0.3) is 5.69 Å². The van der Waals surface area contributed by atoms with Crippen LogP contribution in [0.1, 0.15) is 19.3 Å². The van der Waals surface area contributed by atoms with Gasteiger partial charge in [0.1, 0.15) is 0 Å². The van der Waals surface area contributed by atoms with Gasteiger partial charge in [-0.25, -0.2) is 0 Å². The van der Waals surface area contributed by atoms with Crippen LogP contribution >= 0.6 is 23.2 Å². The van der Waals surface area contributed by atoms with E-state index in [1.807, 2.05) is 4.90 Å². The molecule has 1 atom stereocenters. The molecule has 1 aromatic rings. The van der Waals surface area contributed by atoms with Gasteiger partial charge in [-0.3, -0.25) is 10.1 Å². The maximum Gasteiger partial charge on any atom is 0.272 e. The second-order valence-corrected chi connectivity index (χ2v) is 5.36. The van der Waals surface area contributed by atoms with E-state index in [4.69, 9.17) is 23.2 Å². The topological polar surface area (TPSA) is 66.6 Å². The predicted octanol–water partition coefficient (Wildman–Crippen LogP) is 3.25. The molecule has 1 fully saturated rings. The van der Waals surface area contributed by atoms with Crippen LogP contribution in [-0.4, -0.2) is 29.2 Å². The molecule has 0 spiro atoms. The van der Waals surface area contributed by atoms with Crippen LogP contribution in [0.15, 0.2) is 12.1 Å². The molecule has 7 heteroatoms.